The molecule has 0 saturated carbocycles. The van der Waals surface area contributed by atoms with E-state index in [2.05, 4.69) is 4.98 Å². The zero-order valence-corrected chi connectivity index (χ0v) is 16.7. The fourth-order valence-corrected chi connectivity index (χ4v) is 2.88. The number of rotatable bonds is 6. The van der Waals surface area contributed by atoms with Crippen LogP contribution in [0.5, 0.6) is 0 Å². The Bertz CT molecular complexity index is 865. The van der Waals surface area contributed by atoms with Crippen LogP contribution in [0, 0.1) is 0 Å². The monoisotopic (exact) mass is 426 g/mol. The number of imidazole rings is 1. The van der Waals surface area contributed by atoms with Crippen LogP contribution in [0.25, 0.3) is 0 Å². The van der Waals surface area contributed by atoms with Crippen LogP contribution in [0.3, 0.4) is 0 Å². The quantitative estimate of drug-likeness (QED) is 0.424. The van der Waals surface area contributed by atoms with Crippen LogP contribution in [0.1, 0.15) is 44.4 Å². The molecule has 0 radical (unpaired) electrons. The van der Waals surface area contributed by atoms with Gasteiger partial charge >= 0.3 is 17.9 Å². The zero-order valence-electron chi connectivity index (χ0n) is 16.7. The number of carbonyl (C=O) groups is 5. The SMILES string of the molecule is CC(=O)NC(=O)c1ncn([C@@H]2O[C@H](COC(C)=O)[C@@H](OC(C)=O)[C@@H]2OC(C)=O)c1N. The van der Waals surface area contributed by atoms with Gasteiger partial charge in [-0.3, -0.25) is 33.9 Å². The van der Waals surface area contributed by atoms with E-state index in [0.717, 1.165) is 27.1 Å². The van der Waals surface area contributed by atoms with Crippen molar-refractivity contribution in [2.45, 2.75) is 52.2 Å². The number of ether oxygens (including phenoxy) is 4. The van der Waals surface area contributed by atoms with Gasteiger partial charge in [-0.1, -0.05) is 0 Å². The summed E-state index contributed by atoms with van der Waals surface area (Å²) in [5.74, 6) is -3.63. The van der Waals surface area contributed by atoms with Gasteiger partial charge in [-0.05, 0) is 0 Å². The number of hydrogen-bond acceptors (Lipinski definition) is 11. The maximum atomic E-state index is 12.1. The van der Waals surface area contributed by atoms with Gasteiger partial charge in [-0.2, -0.15) is 0 Å². The Morgan fingerprint density at radius 2 is 1.67 bits per heavy atom. The number of aromatic nitrogens is 2. The van der Waals surface area contributed by atoms with E-state index in [-0.39, 0.29) is 18.1 Å². The first-order chi connectivity index (χ1) is 14.0. The smallest absolute Gasteiger partial charge is 0.303 e. The summed E-state index contributed by atoms with van der Waals surface area (Å²) < 4.78 is 22.4. The third kappa shape index (κ3) is 5.31. The minimum atomic E-state index is -1.19. The number of amides is 2. The Balaban J connectivity index is 2.40. The van der Waals surface area contributed by atoms with Gasteiger partial charge < -0.3 is 24.7 Å². The summed E-state index contributed by atoms with van der Waals surface area (Å²) in [6.07, 6.45) is -3.34. The van der Waals surface area contributed by atoms with Crippen LogP contribution in [-0.2, 0) is 38.1 Å². The molecule has 0 spiro atoms. The Hall–Kier alpha value is -3.48. The molecule has 13 heteroatoms. The second-order valence-electron chi connectivity index (χ2n) is 6.41. The van der Waals surface area contributed by atoms with Gasteiger partial charge in [-0.15, -0.1) is 0 Å². The van der Waals surface area contributed by atoms with Gasteiger partial charge in [0, 0.05) is 27.7 Å². The standard InChI is InChI=1S/C17H22N4O9/c1-7(22)20-16(26)12-15(18)21(6-19-12)17-14(29-10(4)25)13(28-9(3)24)11(30-17)5-27-8(2)23/h6,11,13-14,17H,5,18H2,1-4H3,(H,20,22,26)/t11-,13-,14+,17-/m1/s1. The van der Waals surface area contributed by atoms with Crippen molar-refractivity contribution in [3.05, 3.63) is 12.0 Å². The molecule has 2 heterocycles. The van der Waals surface area contributed by atoms with Crippen LogP contribution in [0.2, 0.25) is 0 Å². The minimum absolute atomic E-state index is 0.189. The molecule has 30 heavy (non-hydrogen) atoms. The molecule has 1 aromatic rings. The lowest BCUT2D eigenvalue weighted by Crippen LogP contribution is -2.40. The van der Waals surface area contributed by atoms with E-state index in [1.165, 1.54) is 11.5 Å². The van der Waals surface area contributed by atoms with Gasteiger partial charge in [0.15, 0.2) is 24.1 Å². The van der Waals surface area contributed by atoms with Crippen LogP contribution in [-0.4, -0.2) is 64.2 Å². The van der Waals surface area contributed by atoms with Crippen LogP contribution >= 0.6 is 0 Å². The van der Waals surface area contributed by atoms with E-state index < -0.39 is 54.3 Å². The summed E-state index contributed by atoms with van der Waals surface area (Å²) in [6.45, 7) is 4.32. The predicted octanol–water partition coefficient (Wildman–Crippen LogP) is -0.934. The lowest BCUT2D eigenvalue weighted by atomic mass is 10.1. The van der Waals surface area contributed by atoms with Gasteiger partial charge in [0.05, 0.1) is 6.33 Å². The summed E-state index contributed by atoms with van der Waals surface area (Å²) in [6, 6.07) is 0. The normalized spacial score (nSPS) is 22.8. The molecule has 0 unspecified atom stereocenters. The highest BCUT2D eigenvalue weighted by atomic mass is 16.7. The average molecular weight is 426 g/mol. The fraction of sp³-hybridized carbons (Fsp3) is 0.529. The number of nitrogens with one attached hydrogen (secondary N) is 1. The number of esters is 3. The van der Waals surface area contributed by atoms with E-state index in [1.54, 1.807) is 0 Å². The average Bonchev–Trinajstić information content (AvgIpc) is 3.13. The van der Waals surface area contributed by atoms with Gasteiger partial charge in [0.25, 0.3) is 5.91 Å². The lowest BCUT2D eigenvalue weighted by molar-refractivity contribution is -0.166. The number of nitrogen functional groups attached to an aromatic ring is 1. The van der Waals surface area contributed by atoms with Crippen molar-refractivity contribution < 1.29 is 42.9 Å². The molecular weight excluding hydrogens is 404 g/mol. The lowest BCUT2D eigenvalue weighted by Gasteiger charge is -2.24. The Kier molecular flexibility index (Phi) is 7.10. The van der Waals surface area contributed by atoms with Crippen molar-refractivity contribution in [2.75, 3.05) is 12.3 Å². The highest BCUT2D eigenvalue weighted by Crippen LogP contribution is 2.36. The van der Waals surface area contributed by atoms with Gasteiger partial charge in [0.2, 0.25) is 5.91 Å². The molecular formula is C17H22N4O9. The molecule has 4 atom stereocenters. The number of carbonyl (C=O) groups excluding carboxylic acids is 5. The summed E-state index contributed by atoms with van der Waals surface area (Å²) in [5.41, 5.74) is 5.72. The topological polar surface area (TPSA) is 178 Å². The Morgan fingerprint density at radius 3 is 2.20 bits per heavy atom. The molecule has 1 fully saturated rings. The number of hydrogen-bond donors (Lipinski definition) is 2. The molecule has 164 valence electrons. The number of imide groups is 1. The molecule has 3 N–H and O–H groups in total. The van der Waals surface area contributed by atoms with E-state index in [0.29, 0.717) is 0 Å². The molecule has 1 saturated heterocycles. The molecule has 1 aromatic heterocycles. The molecule has 2 amide bonds. The molecule has 1 aliphatic heterocycles. The maximum absolute atomic E-state index is 12.1. The maximum Gasteiger partial charge on any atom is 0.303 e. The fourth-order valence-electron chi connectivity index (χ4n) is 2.88. The summed E-state index contributed by atoms with van der Waals surface area (Å²) in [4.78, 5) is 61.4. The number of nitrogens with zero attached hydrogens (tertiary/aromatic N) is 2. The summed E-state index contributed by atoms with van der Waals surface area (Å²) in [5, 5.41) is 2.04. The van der Waals surface area contributed by atoms with Crippen LogP contribution in [0.4, 0.5) is 5.82 Å². The van der Waals surface area contributed by atoms with Crippen molar-refractivity contribution in [1.29, 1.82) is 0 Å². The second kappa shape index (κ2) is 9.35. The van der Waals surface area contributed by atoms with Crippen molar-refractivity contribution in [3.63, 3.8) is 0 Å². The Labute approximate surface area is 170 Å². The molecule has 2 rings (SSSR count). The summed E-state index contributed by atoms with van der Waals surface area (Å²) in [7, 11) is 0. The predicted molar refractivity (Wildman–Crippen MR) is 96.4 cm³/mol. The van der Waals surface area contributed by atoms with Crippen molar-refractivity contribution in [3.8, 4) is 0 Å². The molecule has 0 aromatic carbocycles. The second-order valence-corrected chi connectivity index (χ2v) is 6.41. The van der Waals surface area contributed by atoms with E-state index in [4.69, 9.17) is 24.7 Å². The van der Waals surface area contributed by atoms with E-state index in [9.17, 15) is 24.0 Å². The zero-order chi connectivity index (χ0) is 22.6. The molecule has 13 nitrogen and oxygen atoms in total. The molecule has 1 aliphatic rings. The van der Waals surface area contributed by atoms with Crippen molar-refractivity contribution >= 4 is 35.5 Å². The number of anilines is 1. The molecule has 0 aliphatic carbocycles. The molecule has 0 bridgehead atoms. The first kappa shape index (κ1) is 22.8. The highest BCUT2D eigenvalue weighted by Gasteiger charge is 2.51. The van der Waals surface area contributed by atoms with E-state index in [1.807, 2.05) is 5.32 Å². The third-order valence-corrected chi connectivity index (χ3v) is 3.95. The van der Waals surface area contributed by atoms with Gasteiger partial charge in [-0.25, -0.2) is 4.98 Å². The van der Waals surface area contributed by atoms with Crippen molar-refractivity contribution in [1.82, 2.24) is 14.9 Å². The largest absolute Gasteiger partial charge is 0.463 e. The first-order valence-corrected chi connectivity index (χ1v) is 8.78. The summed E-state index contributed by atoms with van der Waals surface area (Å²) >= 11 is 0. The number of nitrogens with two attached hydrogens (primary N) is 1. The highest BCUT2D eigenvalue weighted by molar-refractivity contribution is 6.05. The van der Waals surface area contributed by atoms with E-state index >= 15 is 0 Å². The van der Waals surface area contributed by atoms with Crippen LogP contribution in [0.15, 0.2) is 6.33 Å². The van der Waals surface area contributed by atoms with Crippen LogP contribution < -0.4 is 11.1 Å². The Morgan fingerprint density at radius 1 is 1.07 bits per heavy atom. The van der Waals surface area contributed by atoms with Crippen molar-refractivity contribution in [2.24, 2.45) is 0 Å². The first-order valence-electron chi connectivity index (χ1n) is 8.78. The minimum Gasteiger partial charge on any atom is -0.463 e. The third-order valence-electron chi connectivity index (χ3n) is 3.95. The van der Waals surface area contributed by atoms with Gasteiger partial charge in [0.1, 0.15) is 18.5 Å².